The number of carbonyl (C=O) groups is 1. The molecule has 2 aromatic rings. The van der Waals surface area contributed by atoms with Crippen molar-refractivity contribution in [2.24, 2.45) is 5.41 Å². The molecule has 0 saturated carbocycles. The van der Waals surface area contributed by atoms with Crippen molar-refractivity contribution in [1.29, 1.82) is 0 Å². The summed E-state index contributed by atoms with van der Waals surface area (Å²) in [6.45, 7) is 4.44. The van der Waals surface area contributed by atoms with E-state index in [0.29, 0.717) is 0 Å². The average Bonchev–Trinajstić information content (AvgIpc) is 2.46. The van der Waals surface area contributed by atoms with E-state index in [9.17, 15) is 4.79 Å². The third kappa shape index (κ3) is 3.05. The minimum Gasteiger partial charge on any atom is -0.303 e. The molecular formula is C19H21NO. The van der Waals surface area contributed by atoms with E-state index < -0.39 is 0 Å². The Kier molecular flexibility index (Phi) is 3.62. The summed E-state index contributed by atoms with van der Waals surface area (Å²) in [4.78, 5) is 16.2. The van der Waals surface area contributed by atoms with Crippen LogP contribution in [0.5, 0.6) is 0 Å². The summed E-state index contributed by atoms with van der Waals surface area (Å²) in [6.07, 6.45) is 3.80. The Hall–Kier alpha value is -1.96. The van der Waals surface area contributed by atoms with Gasteiger partial charge in [-0.05, 0) is 35.4 Å². The molecule has 1 unspecified atom stereocenters. The van der Waals surface area contributed by atoms with Gasteiger partial charge in [-0.2, -0.15) is 0 Å². The Labute approximate surface area is 126 Å². The zero-order valence-corrected chi connectivity index (χ0v) is 12.7. The molecule has 1 aromatic carbocycles. The van der Waals surface area contributed by atoms with E-state index in [1.165, 1.54) is 5.56 Å². The van der Waals surface area contributed by atoms with Crippen LogP contribution < -0.4 is 0 Å². The van der Waals surface area contributed by atoms with E-state index in [2.05, 4.69) is 50.2 Å². The predicted molar refractivity (Wildman–Crippen MR) is 84.4 cm³/mol. The fraction of sp³-hybridized carbons (Fsp3) is 0.368. The lowest BCUT2D eigenvalue weighted by molar-refractivity contribution is -0.109. The summed E-state index contributed by atoms with van der Waals surface area (Å²) in [5.74, 6) is 0.00188. The molecule has 2 nitrogen and oxygen atoms in total. The molecule has 2 heteroatoms. The molecule has 0 aliphatic heterocycles. The van der Waals surface area contributed by atoms with Gasteiger partial charge in [-0.3, -0.25) is 4.98 Å². The van der Waals surface area contributed by atoms with E-state index in [1.54, 1.807) is 0 Å². The van der Waals surface area contributed by atoms with Crippen LogP contribution >= 0.6 is 0 Å². The highest BCUT2D eigenvalue weighted by molar-refractivity contribution is 5.64. The first-order valence-electron chi connectivity index (χ1n) is 7.55. The van der Waals surface area contributed by atoms with Crippen molar-refractivity contribution in [2.45, 2.75) is 39.0 Å². The standard InChI is InChI=1S/C19H21NO/c1-19(2)11-15(13-21)17-9-8-16(20-18(17)12-19)10-14-6-4-3-5-7-14/h3-9,13,15H,10-12H2,1-2H3. The molecule has 108 valence electrons. The van der Waals surface area contributed by atoms with E-state index in [1.807, 2.05) is 6.07 Å². The average molecular weight is 279 g/mol. The molecule has 1 aliphatic rings. The summed E-state index contributed by atoms with van der Waals surface area (Å²) in [6, 6.07) is 14.6. The number of hydrogen-bond donors (Lipinski definition) is 0. The Morgan fingerprint density at radius 3 is 2.67 bits per heavy atom. The van der Waals surface area contributed by atoms with Gasteiger partial charge in [-0.25, -0.2) is 0 Å². The maximum Gasteiger partial charge on any atom is 0.127 e. The first-order valence-corrected chi connectivity index (χ1v) is 7.55. The molecule has 0 N–H and O–H groups in total. The fourth-order valence-corrected chi connectivity index (χ4v) is 3.29. The Bertz CT molecular complexity index is 646. The Balaban J connectivity index is 1.92. The number of hydrogen-bond acceptors (Lipinski definition) is 2. The van der Waals surface area contributed by atoms with Crippen molar-refractivity contribution < 1.29 is 4.79 Å². The van der Waals surface area contributed by atoms with E-state index in [-0.39, 0.29) is 11.3 Å². The van der Waals surface area contributed by atoms with E-state index in [4.69, 9.17) is 4.98 Å². The first kappa shape index (κ1) is 14.0. The lowest BCUT2D eigenvalue weighted by atomic mass is 9.71. The number of aldehydes is 1. The maximum absolute atomic E-state index is 11.4. The molecular weight excluding hydrogens is 258 g/mol. The predicted octanol–water partition coefficient (Wildman–Crippen LogP) is 3.93. The van der Waals surface area contributed by atoms with Crippen molar-refractivity contribution in [3.8, 4) is 0 Å². The van der Waals surface area contributed by atoms with Crippen LogP contribution in [0.25, 0.3) is 0 Å². The summed E-state index contributed by atoms with van der Waals surface area (Å²) in [5.41, 5.74) is 4.74. The zero-order chi connectivity index (χ0) is 14.9. The molecule has 1 aliphatic carbocycles. The van der Waals surface area contributed by atoms with Crippen LogP contribution in [0, 0.1) is 5.41 Å². The van der Waals surface area contributed by atoms with Gasteiger partial charge >= 0.3 is 0 Å². The highest BCUT2D eigenvalue weighted by Gasteiger charge is 2.32. The summed E-state index contributed by atoms with van der Waals surface area (Å²) >= 11 is 0. The quantitative estimate of drug-likeness (QED) is 0.797. The lowest BCUT2D eigenvalue weighted by Gasteiger charge is -2.34. The van der Waals surface area contributed by atoms with Gasteiger partial charge in [0, 0.05) is 23.7 Å². The molecule has 3 rings (SSSR count). The van der Waals surface area contributed by atoms with Gasteiger partial charge in [0.25, 0.3) is 0 Å². The summed E-state index contributed by atoms with van der Waals surface area (Å²) in [7, 11) is 0. The molecule has 1 aromatic heterocycles. The molecule has 0 saturated heterocycles. The molecule has 0 amide bonds. The Morgan fingerprint density at radius 1 is 1.19 bits per heavy atom. The first-order chi connectivity index (χ1) is 10.1. The minimum atomic E-state index is 0.00188. The highest BCUT2D eigenvalue weighted by atomic mass is 16.1. The number of fused-ring (bicyclic) bond motifs is 1. The number of aromatic nitrogens is 1. The summed E-state index contributed by atoms with van der Waals surface area (Å²) in [5, 5.41) is 0. The lowest BCUT2D eigenvalue weighted by Crippen LogP contribution is -2.27. The third-order valence-electron chi connectivity index (χ3n) is 4.28. The van der Waals surface area contributed by atoms with Gasteiger partial charge in [0.05, 0.1) is 0 Å². The van der Waals surface area contributed by atoms with Crippen LogP contribution in [-0.2, 0) is 17.6 Å². The van der Waals surface area contributed by atoms with Crippen molar-refractivity contribution in [2.75, 3.05) is 0 Å². The van der Waals surface area contributed by atoms with Crippen LogP contribution in [-0.4, -0.2) is 11.3 Å². The smallest absolute Gasteiger partial charge is 0.127 e. The van der Waals surface area contributed by atoms with Crippen molar-refractivity contribution >= 4 is 6.29 Å². The van der Waals surface area contributed by atoms with E-state index >= 15 is 0 Å². The van der Waals surface area contributed by atoms with Crippen LogP contribution in [0.15, 0.2) is 42.5 Å². The maximum atomic E-state index is 11.4. The number of pyridine rings is 1. The molecule has 21 heavy (non-hydrogen) atoms. The van der Waals surface area contributed by atoms with Crippen LogP contribution in [0.4, 0.5) is 0 Å². The number of benzene rings is 1. The van der Waals surface area contributed by atoms with Gasteiger partial charge in [-0.15, -0.1) is 0 Å². The SMILES string of the molecule is CC1(C)Cc2nc(Cc3ccccc3)ccc2C(C=O)C1. The second-order valence-corrected chi connectivity index (χ2v) is 6.79. The van der Waals surface area contributed by atoms with Crippen LogP contribution in [0.1, 0.15) is 48.7 Å². The van der Waals surface area contributed by atoms with Crippen molar-refractivity contribution in [3.63, 3.8) is 0 Å². The zero-order valence-electron chi connectivity index (χ0n) is 12.7. The van der Waals surface area contributed by atoms with Crippen LogP contribution in [0.3, 0.4) is 0 Å². The topological polar surface area (TPSA) is 30.0 Å². The van der Waals surface area contributed by atoms with Gasteiger partial charge in [0.2, 0.25) is 0 Å². The van der Waals surface area contributed by atoms with Gasteiger partial charge in [-0.1, -0.05) is 50.2 Å². The number of nitrogens with zero attached hydrogens (tertiary/aromatic N) is 1. The van der Waals surface area contributed by atoms with Crippen molar-refractivity contribution in [3.05, 3.63) is 65.0 Å². The fourth-order valence-electron chi connectivity index (χ4n) is 3.29. The van der Waals surface area contributed by atoms with Gasteiger partial charge in [0.15, 0.2) is 0 Å². The van der Waals surface area contributed by atoms with Gasteiger partial charge < -0.3 is 4.79 Å². The van der Waals surface area contributed by atoms with Gasteiger partial charge in [0.1, 0.15) is 6.29 Å². The second-order valence-electron chi connectivity index (χ2n) is 6.79. The molecule has 0 bridgehead atoms. The largest absolute Gasteiger partial charge is 0.303 e. The normalized spacial score (nSPS) is 19.8. The molecule has 0 radical (unpaired) electrons. The highest BCUT2D eigenvalue weighted by Crippen LogP contribution is 2.40. The molecule has 0 spiro atoms. The molecule has 1 heterocycles. The molecule has 0 fully saturated rings. The van der Waals surface area contributed by atoms with Crippen LogP contribution in [0.2, 0.25) is 0 Å². The summed E-state index contributed by atoms with van der Waals surface area (Å²) < 4.78 is 0. The number of carbonyl (C=O) groups excluding carboxylic acids is 1. The van der Waals surface area contributed by atoms with Crippen molar-refractivity contribution in [1.82, 2.24) is 4.98 Å². The number of rotatable bonds is 3. The second kappa shape index (κ2) is 5.44. The molecule has 1 atom stereocenters. The third-order valence-corrected chi connectivity index (χ3v) is 4.28. The minimum absolute atomic E-state index is 0.00188. The monoisotopic (exact) mass is 279 g/mol. The van der Waals surface area contributed by atoms with E-state index in [0.717, 1.165) is 42.5 Å². The Morgan fingerprint density at radius 2 is 1.95 bits per heavy atom.